The number of carbonyl (C=O) groups excluding carboxylic acids is 1. The second-order valence-electron chi connectivity index (χ2n) is 5.27. The Morgan fingerprint density at radius 1 is 1.24 bits per heavy atom. The van der Waals surface area contributed by atoms with E-state index in [1.54, 1.807) is 0 Å². The zero-order chi connectivity index (χ0) is 13.3. The molecule has 0 aliphatic rings. The second kappa shape index (κ2) is 8.12. The lowest BCUT2D eigenvalue weighted by Crippen LogP contribution is -2.33. The highest BCUT2D eigenvalue weighted by molar-refractivity contribution is 5.67. The van der Waals surface area contributed by atoms with Crippen molar-refractivity contribution >= 4 is 6.09 Å². The predicted molar refractivity (Wildman–Crippen MR) is 71.2 cm³/mol. The maximum atomic E-state index is 11.3. The van der Waals surface area contributed by atoms with E-state index in [9.17, 15) is 4.79 Å². The van der Waals surface area contributed by atoms with Crippen molar-refractivity contribution in [1.82, 2.24) is 10.6 Å². The normalized spacial score (nSPS) is 10.9. The molecular formula is C13H26N2O2. The second-order valence-corrected chi connectivity index (χ2v) is 5.27. The number of hydrogen-bond donors (Lipinski definition) is 2. The molecular weight excluding hydrogens is 216 g/mol. The molecule has 0 aliphatic heterocycles. The highest BCUT2D eigenvalue weighted by atomic mass is 16.6. The van der Waals surface area contributed by atoms with E-state index in [1.807, 2.05) is 20.8 Å². The molecule has 2 N–H and O–H groups in total. The SMILES string of the molecule is CC(C)=CCNCCCNC(=O)OC(C)(C)C. The number of carbonyl (C=O) groups is 1. The summed E-state index contributed by atoms with van der Waals surface area (Å²) in [5.41, 5.74) is 0.885. The van der Waals surface area contributed by atoms with Gasteiger partial charge in [-0.2, -0.15) is 0 Å². The van der Waals surface area contributed by atoms with Gasteiger partial charge in [-0.3, -0.25) is 0 Å². The lowest BCUT2D eigenvalue weighted by Gasteiger charge is -2.19. The molecule has 17 heavy (non-hydrogen) atoms. The quantitative estimate of drug-likeness (QED) is 0.555. The molecule has 0 spiro atoms. The summed E-state index contributed by atoms with van der Waals surface area (Å²) in [6, 6.07) is 0. The molecule has 1 amide bonds. The van der Waals surface area contributed by atoms with Gasteiger partial charge in [0.05, 0.1) is 0 Å². The first-order valence-corrected chi connectivity index (χ1v) is 6.12. The van der Waals surface area contributed by atoms with E-state index in [2.05, 4.69) is 30.6 Å². The summed E-state index contributed by atoms with van der Waals surface area (Å²) >= 11 is 0. The Balaban J connectivity index is 3.40. The summed E-state index contributed by atoms with van der Waals surface area (Å²) in [7, 11) is 0. The first-order chi connectivity index (χ1) is 7.81. The topological polar surface area (TPSA) is 50.4 Å². The van der Waals surface area contributed by atoms with Crippen molar-refractivity contribution in [3.05, 3.63) is 11.6 Å². The van der Waals surface area contributed by atoms with Crippen LogP contribution in [0.2, 0.25) is 0 Å². The summed E-state index contributed by atoms with van der Waals surface area (Å²) in [4.78, 5) is 11.3. The molecule has 0 aromatic heterocycles. The molecule has 0 heterocycles. The molecule has 0 saturated heterocycles. The molecule has 0 unspecified atom stereocenters. The number of amides is 1. The lowest BCUT2D eigenvalue weighted by atomic mass is 10.2. The maximum absolute atomic E-state index is 11.3. The molecule has 0 aliphatic carbocycles. The first-order valence-electron chi connectivity index (χ1n) is 6.12. The van der Waals surface area contributed by atoms with E-state index >= 15 is 0 Å². The van der Waals surface area contributed by atoms with Gasteiger partial charge >= 0.3 is 6.09 Å². The van der Waals surface area contributed by atoms with E-state index in [0.717, 1.165) is 19.5 Å². The van der Waals surface area contributed by atoms with E-state index < -0.39 is 5.60 Å². The fraction of sp³-hybridized carbons (Fsp3) is 0.769. The average molecular weight is 242 g/mol. The van der Waals surface area contributed by atoms with Crippen molar-refractivity contribution in [1.29, 1.82) is 0 Å². The molecule has 0 saturated carbocycles. The van der Waals surface area contributed by atoms with Crippen LogP contribution in [0.15, 0.2) is 11.6 Å². The minimum absolute atomic E-state index is 0.346. The van der Waals surface area contributed by atoms with Gasteiger partial charge < -0.3 is 15.4 Å². The Hall–Kier alpha value is -1.03. The van der Waals surface area contributed by atoms with Crippen LogP contribution in [0, 0.1) is 0 Å². The van der Waals surface area contributed by atoms with Gasteiger partial charge in [0.25, 0.3) is 0 Å². The summed E-state index contributed by atoms with van der Waals surface area (Å²) < 4.78 is 5.12. The van der Waals surface area contributed by atoms with Gasteiger partial charge in [0.15, 0.2) is 0 Å². The summed E-state index contributed by atoms with van der Waals surface area (Å²) in [5, 5.41) is 5.99. The predicted octanol–water partition coefficient (Wildman–Crippen LogP) is 2.46. The largest absolute Gasteiger partial charge is 0.444 e. The van der Waals surface area contributed by atoms with E-state index in [0.29, 0.717) is 6.54 Å². The van der Waals surface area contributed by atoms with Crippen molar-refractivity contribution in [3.63, 3.8) is 0 Å². The van der Waals surface area contributed by atoms with Crippen molar-refractivity contribution in [2.75, 3.05) is 19.6 Å². The summed E-state index contributed by atoms with van der Waals surface area (Å²) in [6.07, 6.45) is 2.69. The van der Waals surface area contributed by atoms with Crippen LogP contribution in [0.4, 0.5) is 4.79 Å². The minimum Gasteiger partial charge on any atom is -0.444 e. The molecule has 0 atom stereocenters. The Kier molecular flexibility index (Phi) is 7.63. The number of ether oxygens (including phenoxy) is 1. The van der Waals surface area contributed by atoms with Gasteiger partial charge in [0.1, 0.15) is 5.60 Å². The van der Waals surface area contributed by atoms with Crippen molar-refractivity contribution in [2.24, 2.45) is 0 Å². The Morgan fingerprint density at radius 3 is 2.41 bits per heavy atom. The highest BCUT2D eigenvalue weighted by Gasteiger charge is 2.15. The third-order valence-electron chi connectivity index (χ3n) is 1.85. The van der Waals surface area contributed by atoms with Crippen LogP contribution in [0.25, 0.3) is 0 Å². The fourth-order valence-corrected chi connectivity index (χ4v) is 1.10. The van der Waals surface area contributed by atoms with Gasteiger partial charge in [-0.05, 0) is 47.6 Å². The first kappa shape index (κ1) is 16.0. The summed E-state index contributed by atoms with van der Waals surface area (Å²) in [6.45, 7) is 12.1. The van der Waals surface area contributed by atoms with Gasteiger partial charge in [-0.1, -0.05) is 11.6 Å². The molecule has 0 aromatic carbocycles. The molecule has 0 rings (SSSR count). The van der Waals surface area contributed by atoms with Gasteiger partial charge in [0.2, 0.25) is 0 Å². The van der Waals surface area contributed by atoms with Crippen molar-refractivity contribution in [3.8, 4) is 0 Å². The molecule has 4 heteroatoms. The van der Waals surface area contributed by atoms with Gasteiger partial charge in [-0.15, -0.1) is 0 Å². The number of allylic oxidation sites excluding steroid dienone is 1. The van der Waals surface area contributed by atoms with E-state index in [4.69, 9.17) is 4.74 Å². The molecule has 0 aromatic rings. The molecule has 0 fully saturated rings. The smallest absolute Gasteiger partial charge is 0.407 e. The Morgan fingerprint density at radius 2 is 1.88 bits per heavy atom. The minimum atomic E-state index is -0.425. The van der Waals surface area contributed by atoms with Crippen LogP contribution >= 0.6 is 0 Å². The van der Waals surface area contributed by atoms with Gasteiger partial charge in [0, 0.05) is 13.1 Å². The number of hydrogen-bond acceptors (Lipinski definition) is 3. The number of alkyl carbamates (subject to hydrolysis) is 1. The molecule has 0 radical (unpaired) electrons. The van der Waals surface area contributed by atoms with Crippen LogP contribution in [0.3, 0.4) is 0 Å². The standard InChI is InChI=1S/C13H26N2O2/c1-11(2)7-10-14-8-6-9-15-12(16)17-13(3,4)5/h7,14H,6,8-10H2,1-5H3,(H,15,16). The van der Waals surface area contributed by atoms with Crippen LogP contribution in [-0.2, 0) is 4.74 Å². The average Bonchev–Trinajstić information content (AvgIpc) is 2.12. The number of rotatable bonds is 6. The zero-order valence-electron chi connectivity index (χ0n) is 11.7. The zero-order valence-corrected chi connectivity index (χ0v) is 11.7. The van der Waals surface area contributed by atoms with Gasteiger partial charge in [-0.25, -0.2) is 4.79 Å². The molecule has 100 valence electrons. The molecule has 4 nitrogen and oxygen atoms in total. The lowest BCUT2D eigenvalue weighted by molar-refractivity contribution is 0.0527. The summed E-state index contributed by atoms with van der Waals surface area (Å²) in [5.74, 6) is 0. The molecule has 0 bridgehead atoms. The highest BCUT2D eigenvalue weighted by Crippen LogP contribution is 2.06. The van der Waals surface area contributed by atoms with Crippen molar-refractivity contribution < 1.29 is 9.53 Å². The monoisotopic (exact) mass is 242 g/mol. The third-order valence-corrected chi connectivity index (χ3v) is 1.85. The Bertz CT molecular complexity index is 251. The van der Waals surface area contributed by atoms with E-state index in [1.165, 1.54) is 5.57 Å². The maximum Gasteiger partial charge on any atom is 0.407 e. The van der Waals surface area contributed by atoms with Crippen molar-refractivity contribution in [2.45, 2.75) is 46.6 Å². The van der Waals surface area contributed by atoms with E-state index in [-0.39, 0.29) is 6.09 Å². The number of nitrogens with one attached hydrogen (secondary N) is 2. The fourth-order valence-electron chi connectivity index (χ4n) is 1.10. The Labute approximate surface area is 105 Å². The van der Waals surface area contributed by atoms with Crippen LogP contribution < -0.4 is 10.6 Å². The van der Waals surface area contributed by atoms with Crippen LogP contribution in [-0.4, -0.2) is 31.3 Å². The van der Waals surface area contributed by atoms with Crippen LogP contribution in [0.1, 0.15) is 41.0 Å². The van der Waals surface area contributed by atoms with Crippen LogP contribution in [0.5, 0.6) is 0 Å². The third kappa shape index (κ3) is 12.9.